The molecule has 216 valence electrons. The number of rotatable bonds is 10. The van der Waals surface area contributed by atoms with Gasteiger partial charge in [-0.25, -0.2) is 9.97 Å². The molecule has 0 aliphatic carbocycles. The second-order valence-corrected chi connectivity index (χ2v) is 9.96. The van der Waals surface area contributed by atoms with E-state index in [1.165, 1.54) is 6.33 Å². The van der Waals surface area contributed by atoms with Crippen molar-refractivity contribution < 1.29 is 28.5 Å². The number of halogens is 1. The number of anilines is 2. The van der Waals surface area contributed by atoms with Crippen LogP contribution in [0.5, 0.6) is 23.0 Å². The summed E-state index contributed by atoms with van der Waals surface area (Å²) in [5, 5.41) is 4.41. The Morgan fingerprint density at radius 2 is 1.95 bits per heavy atom. The lowest BCUT2D eigenvalue weighted by Gasteiger charge is -2.31. The molecular formula is C29H32ClN5O6. The number of hydrogen-bond acceptors (Lipinski definition) is 10. The average molecular weight is 582 g/mol. The molecule has 0 unspecified atom stereocenters. The first kappa shape index (κ1) is 28.5. The van der Waals surface area contributed by atoms with Crippen LogP contribution in [0, 0.1) is 11.8 Å². The maximum Gasteiger partial charge on any atom is 0.236 e. The minimum atomic E-state index is 0.0568. The first-order chi connectivity index (χ1) is 20.0. The zero-order valence-corrected chi connectivity index (χ0v) is 24.0. The third kappa shape index (κ3) is 6.51. The molecule has 1 fully saturated rings. The highest BCUT2D eigenvalue weighted by Crippen LogP contribution is 2.47. The zero-order chi connectivity index (χ0) is 28.8. The molecule has 1 saturated heterocycles. The second kappa shape index (κ2) is 13.1. The highest BCUT2D eigenvalue weighted by molar-refractivity contribution is 6.34. The highest BCUT2D eigenvalue weighted by Gasteiger charge is 2.26. The maximum absolute atomic E-state index is 11.9. The summed E-state index contributed by atoms with van der Waals surface area (Å²) >= 11 is 6.68. The molecule has 11 nitrogen and oxygen atoms in total. The molecule has 0 saturated carbocycles. The van der Waals surface area contributed by atoms with E-state index in [0.29, 0.717) is 82.2 Å². The molecule has 1 N–H and O–H groups in total. The highest BCUT2D eigenvalue weighted by atomic mass is 35.5. The second-order valence-electron chi connectivity index (χ2n) is 9.55. The van der Waals surface area contributed by atoms with Crippen molar-refractivity contribution >= 4 is 39.9 Å². The van der Waals surface area contributed by atoms with E-state index in [-0.39, 0.29) is 12.7 Å². The Labute approximate surface area is 243 Å². The Bertz CT molecular complexity index is 1490. The molecule has 3 aromatic rings. The summed E-state index contributed by atoms with van der Waals surface area (Å²) in [4.78, 5) is 24.7. The van der Waals surface area contributed by atoms with Crippen LogP contribution < -0.4 is 24.3 Å². The topological polar surface area (TPSA) is 108 Å². The molecule has 41 heavy (non-hydrogen) atoms. The van der Waals surface area contributed by atoms with Gasteiger partial charge in [0.1, 0.15) is 17.8 Å². The molecule has 2 aromatic carbocycles. The SMILES string of the molecule is COCCC#Cc1cc(Cl)c(Nc2ncnc3cc(OCCCN4CCN(C)C(=O)C4)c(OC)cc23)c2c1OCO2. The van der Waals surface area contributed by atoms with Crippen molar-refractivity contribution in [3.05, 3.63) is 35.1 Å². The summed E-state index contributed by atoms with van der Waals surface area (Å²) in [5.74, 6) is 8.90. The van der Waals surface area contributed by atoms with Crippen molar-refractivity contribution in [2.75, 3.05) is 72.8 Å². The number of nitrogens with one attached hydrogen (secondary N) is 1. The lowest BCUT2D eigenvalue weighted by molar-refractivity contribution is -0.134. The van der Waals surface area contributed by atoms with Crippen molar-refractivity contribution in [3.8, 4) is 34.8 Å². The van der Waals surface area contributed by atoms with E-state index in [1.54, 1.807) is 25.2 Å². The Morgan fingerprint density at radius 3 is 2.76 bits per heavy atom. The van der Waals surface area contributed by atoms with Gasteiger partial charge in [0.2, 0.25) is 12.7 Å². The lowest BCUT2D eigenvalue weighted by Crippen LogP contribution is -2.48. The standard InChI is InChI=1S/C29H32ClN5O6/c1-34-9-10-35(16-25(34)36)8-6-12-39-24-15-22-20(14-23(24)38-3)29(32-17-31-22)33-26-21(30)13-19(7-4-5-11-37-2)27-28(26)41-18-40-27/h13-15,17H,5-6,8-12,16,18H2,1-3H3,(H,31,32,33). The Hall–Kier alpha value is -3.98. The fourth-order valence-electron chi connectivity index (χ4n) is 4.58. The van der Waals surface area contributed by atoms with Gasteiger partial charge in [0.25, 0.3) is 0 Å². The number of nitrogens with zero attached hydrogens (tertiary/aromatic N) is 4. The number of piperazine rings is 1. The molecule has 0 radical (unpaired) electrons. The van der Waals surface area contributed by atoms with Crippen molar-refractivity contribution in [1.82, 2.24) is 19.8 Å². The summed E-state index contributed by atoms with van der Waals surface area (Å²) in [6.07, 6.45) is 2.82. The van der Waals surface area contributed by atoms with Crippen LogP contribution in [0.1, 0.15) is 18.4 Å². The molecule has 2 aliphatic rings. The van der Waals surface area contributed by atoms with Crippen LogP contribution in [-0.2, 0) is 9.53 Å². The van der Waals surface area contributed by atoms with Crippen LogP contribution in [0.25, 0.3) is 10.9 Å². The number of ether oxygens (including phenoxy) is 5. The van der Waals surface area contributed by atoms with Gasteiger partial charge >= 0.3 is 0 Å². The van der Waals surface area contributed by atoms with E-state index in [9.17, 15) is 4.79 Å². The van der Waals surface area contributed by atoms with Gasteiger partial charge in [-0.1, -0.05) is 23.4 Å². The number of carbonyl (C=O) groups is 1. The average Bonchev–Trinajstić information content (AvgIpc) is 3.47. The minimum absolute atomic E-state index is 0.0568. The summed E-state index contributed by atoms with van der Waals surface area (Å²) in [5.41, 5.74) is 1.82. The normalized spacial score (nSPS) is 14.6. The van der Waals surface area contributed by atoms with Crippen LogP contribution in [-0.4, -0.2) is 93.1 Å². The predicted molar refractivity (Wildman–Crippen MR) is 155 cm³/mol. The van der Waals surface area contributed by atoms with Crippen LogP contribution in [0.2, 0.25) is 5.02 Å². The molecule has 12 heteroatoms. The van der Waals surface area contributed by atoms with Gasteiger partial charge in [0, 0.05) is 51.7 Å². The van der Waals surface area contributed by atoms with E-state index in [2.05, 4.69) is 32.0 Å². The number of amides is 1. The number of aromatic nitrogens is 2. The van der Waals surface area contributed by atoms with Crippen molar-refractivity contribution in [2.24, 2.45) is 0 Å². The van der Waals surface area contributed by atoms with Crippen LogP contribution in [0.3, 0.4) is 0 Å². The van der Waals surface area contributed by atoms with Gasteiger partial charge in [0.05, 0.1) is 43.0 Å². The number of hydrogen-bond donors (Lipinski definition) is 1. The minimum Gasteiger partial charge on any atom is -0.493 e. The largest absolute Gasteiger partial charge is 0.493 e. The summed E-state index contributed by atoms with van der Waals surface area (Å²) in [6, 6.07) is 5.39. The van der Waals surface area contributed by atoms with Crippen molar-refractivity contribution in [3.63, 3.8) is 0 Å². The Kier molecular flexibility index (Phi) is 9.14. The fraction of sp³-hybridized carbons (Fsp3) is 0.414. The summed E-state index contributed by atoms with van der Waals surface area (Å²) in [6.45, 7) is 3.89. The molecule has 3 heterocycles. The number of methoxy groups -OCH3 is 2. The zero-order valence-electron chi connectivity index (χ0n) is 23.3. The molecule has 1 amide bonds. The van der Waals surface area contributed by atoms with Gasteiger partial charge in [-0.05, 0) is 18.6 Å². The first-order valence-corrected chi connectivity index (χ1v) is 13.6. The van der Waals surface area contributed by atoms with Gasteiger partial charge < -0.3 is 33.9 Å². The van der Waals surface area contributed by atoms with Gasteiger partial charge in [0.15, 0.2) is 23.0 Å². The molecule has 0 spiro atoms. The van der Waals surface area contributed by atoms with Crippen molar-refractivity contribution in [1.29, 1.82) is 0 Å². The molecule has 2 aliphatic heterocycles. The summed E-state index contributed by atoms with van der Waals surface area (Å²) in [7, 11) is 5.05. The van der Waals surface area contributed by atoms with Crippen LogP contribution in [0.4, 0.5) is 11.5 Å². The Morgan fingerprint density at radius 1 is 1.10 bits per heavy atom. The number of fused-ring (bicyclic) bond motifs is 2. The van der Waals surface area contributed by atoms with Crippen molar-refractivity contribution in [2.45, 2.75) is 12.8 Å². The van der Waals surface area contributed by atoms with E-state index in [0.717, 1.165) is 26.1 Å². The first-order valence-electron chi connectivity index (χ1n) is 13.3. The third-order valence-electron chi connectivity index (χ3n) is 6.83. The number of likely N-dealkylation sites (N-methyl/N-ethyl adjacent to an activating group) is 1. The number of carbonyl (C=O) groups excluding carboxylic acids is 1. The van der Waals surface area contributed by atoms with E-state index in [1.807, 2.05) is 19.2 Å². The Balaban J connectivity index is 1.33. The molecule has 0 bridgehead atoms. The van der Waals surface area contributed by atoms with E-state index < -0.39 is 0 Å². The quantitative estimate of drug-likeness (QED) is 0.281. The van der Waals surface area contributed by atoms with E-state index in [4.69, 9.17) is 35.3 Å². The van der Waals surface area contributed by atoms with Crippen LogP contribution >= 0.6 is 11.6 Å². The lowest BCUT2D eigenvalue weighted by atomic mass is 10.1. The fourth-order valence-corrected chi connectivity index (χ4v) is 4.82. The van der Waals surface area contributed by atoms with Crippen LogP contribution in [0.15, 0.2) is 24.5 Å². The molecule has 1 aromatic heterocycles. The van der Waals surface area contributed by atoms with Gasteiger partial charge in [-0.15, -0.1) is 0 Å². The summed E-state index contributed by atoms with van der Waals surface area (Å²) < 4.78 is 28.2. The van der Waals surface area contributed by atoms with E-state index >= 15 is 0 Å². The predicted octanol–water partition coefficient (Wildman–Crippen LogP) is 3.70. The molecular weight excluding hydrogens is 550 g/mol. The third-order valence-corrected chi connectivity index (χ3v) is 7.12. The maximum atomic E-state index is 11.9. The van der Waals surface area contributed by atoms with Gasteiger partial charge in [-0.2, -0.15) is 0 Å². The number of benzene rings is 2. The monoisotopic (exact) mass is 581 g/mol. The van der Waals surface area contributed by atoms with Gasteiger partial charge in [-0.3, -0.25) is 9.69 Å². The molecule has 5 rings (SSSR count). The smallest absolute Gasteiger partial charge is 0.236 e. The molecule has 0 atom stereocenters.